The first-order chi connectivity index (χ1) is 11.7. The van der Waals surface area contributed by atoms with Gasteiger partial charge in [0.25, 0.3) is 0 Å². The van der Waals surface area contributed by atoms with Crippen LogP contribution in [0.5, 0.6) is 0 Å². The van der Waals surface area contributed by atoms with Gasteiger partial charge in [-0.15, -0.1) is 0 Å². The lowest BCUT2D eigenvalue weighted by Crippen LogP contribution is -2.49. The smallest absolute Gasteiger partial charge is 0.241 e. The van der Waals surface area contributed by atoms with Gasteiger partial charge in [0.1, 0.15) is 6.04 Å². The van der Waals surface area contributed by atoms with E-state index in [0.717, 1.165) is 18.4 Å². The number of amides is 1. The van der Waals surface area contributed by atoms with Crippen molar-refractivity contribution in [3.63, 3.8) is 0 Å². The third-order valence-corrected chi connectivity index (χ3v) is 6.25. The lowest BCUT2D eigenvalue weighted by Gasteiger charge is -2.32. The molecule has 0 radical (unpaired) electrons. The zero-order valence-electron chi connectivity index (χ0n) is 15.7. The van der Waals surface area contributed by atoms with Crippen LogP contribution in [0.1, 0.15) is 45.1 Å². The van der Waals surface area contributed by atoms with Crippen LogP contribution in [0.15, 0.2) is 29.2 Å². The maximum atomic E-state index is 12.8. The van der Waals surface area contributed by atoms with Crippen molar-refractivity contribution in [3.05, 3.63) is 29.8 Å². The first kappa shape index (κ1) is 19.9. The van der Waals surface area contributed by atoms with E-state index in [-0.39, 0.29) is 16.7 Å². The van der Waals surface area contributed by atoms with Crippen molar-refractivity contribution in [2.24, 2.45) is 11.8 Å². The van der Waals surface area contributed by atoms with Crippen molar-refractivity contribution in [2.75, 3.05) is 13.6 Å². The van der Waals surface area contributed by atoms with E-state index in [1.807, 2.05) is 20.8 Å². The van der Waals surface area contributed by atoms with Crippen molar-refractivity contribution in [1.82, 2.24) is 9.62 Å². The minimum atomic E-state index is -3.72. The second kappa shape index (κ2) is 8.32. The molecule has 0 aliphatic heterocycles. The molecule has 1 aliphatic carbocycles. The van der Waals surface area contributed by atoms with Gasteiger partial charge in [-0.1, -0.05) is 38.0 Å². The molecule has 1 fully saturated rings. The fraction of sp³-hybridized carbons (Fsp3) is 0.632. The lowest BCUT2D eigenvalue weighted by molar-refractivity contribution is -0.133. The molecule has 0 spiro atoms. The molecule has 1 aromatic rings. The largest absolute Gasteiger partial charge is 0.344 e. The van der Waals surface area contributed by atoms with Gasteiger partial charge in [0, 0.05) is 13.6 Å². The molecule has 0 bridgehead atoms. The Morgan fingerprint density at radius 3 is 2.32 bits per heavy atom. The predicted octanol–water partition coefficient (Wildman–Crippen LogP) is 2.95. The van der Waals surface area contributed by atoms with Crippen LogP contribution in [0.2, 0.25) is 0 Å². The molecule has 1 saturated carbocycles. The highest BCUT2D eigenvalue weighted by Gasteiger charge is 2.30. The summed E-state index contributed by atoms with van der Waals surface area (Å²) in [5, 5.41) is 0. The van der Waals surface area contributed by atoms with E-state index < -0.39 is 16.1 Å². The summed E-state index contributed by atoms with van der Waals surface area (Å²) in [6, 6.07) is 5.95. The third-order valence-electron chi connectivity index (χ3n) is 4.77. The Balaban J connectivity index is 2.12. The molecule has 25 heavy (non-hydrogen) atoms. The summed E-state index contributed by atoms with van der Waals surface area (Å²) in [5.41, 5.74) is 0.994. The zero-order chi connectivity index (χ0) is 18.6. The summed E-state index contributed by atoms with van der Waals surface area (Å²) >= 11 is 0. The minimum absolute atomic E-state index is 0.142. The molecule has 1 amide bonds. The Kier molecular flexibility index (Phi) is 6.63. The quantitative estimate of drug-likeness (QED) is 0.769. The van der Waals surface area contributed by atoms with E-state index in [4.69, 9.17) is 0 Å². The Bertz CT molecular complexity index is 679. The first-order valence-electron chi connectivity index (χ1n) is 9.03. The van der Waals surface area contributed by atoms with Gasteiger partial charge in [-0.3, -0.25) is 4.79 Å². The molecule has 6 heteroatoms. The fourth-order valence-electron chi connectivity index (χ4n) is 3.06. The monoisotopic (exact) mass is 366 g/mol. The van der Waals surface area contributed by atoms with E-state index in [1.165, 1.54) is 6.42 Å². The van der Waals surface area contributed by atoms with E-state index in [2.05, 4.69) is 4.72 Å². The molecule has 0 heterocycles. The van der Waals surface area contributed by atoms with Crippen LogP contribution in [0.25, 0.3) is 0 Å². The summed E-state index contributed by atoms with van der Waals surface area (Å²) in [4.78, 5) is 14.7. The van der Waals surface area contributed by atoms with Crippen molar-refractivity contribution in [2.45, 2.75) is 57.4 Å². The van der Waals surface area contributed by atoms with Gasteiger partial charge in [0.05, 0.1) is 4.90 Å². The number of aryl methyl sites for hydroxylation is 1. The molecular formula is C19H30N2O3S. The molecule has 1 aromatic carbocycles. The van der Waals surface area contributed by atoms with Gasteiger partial charge >= 0.3 is 0 Å². The van der Waals surface area contributed by atoms with Gasteiger partial charge < -0.3 is 4.90 Å². The summed E-state index contributed by atoms with van der Waals surface area (Å²) in [5.74, 6) is 0.630. The van der Waals surface area contributed by atoms with Crippen molar-refractivity contribution in [3.8, 4) is 0 Å². The second-order valence-corrected chi connectivity index (χ2v) is 9.35. The number of rotatable bonds is 8. The Morgan fingerprint density at radius 2 is 1.84 bits per heavy atom. The van der Waals surface area contributed by atoms with Crippen LogP contribution in [0.4, 0.5) is 0 Å². The van der Waals surface area contributed by atoms with Crippen molar-refractivity contribution >= 4 is 15.9 Å². The average Bonchev–Trinajstić information content (AvgIpc) is 2.49. The molecule has 0 saturated heterocycles. The van der Waals surface area contributed by atoms with Gasteiger partial charge in [0.15, 0.2) is 0 Å². The highest BCUT2D eigenvalue weighted by atomic mass is 32.2. The number of likely N-dealkylation sites (N-methyl/N-ethyl adjacent to an activating group) is 1. The van der Waals surface area contributed by atoms with Crippen LogP contribution in [-0.2, 0) is 14.8 Å². The van der Waals surface area contributed by atoms with Crippen molar-refractivity contribution in [1.29, 1.82) is 0 Å². The minimum Gasteiger partial charge on any atom is -0.344 e. The van der Waals surface area contributed by atoms with Crippen molar-refractivity contribution < 1.29 is 13.2 Å². The number of nitrogens with zero attached hydrogens (tertiary/aromatic N) is 1. The summed E-state index contributed by atoms with van der Waals surface area (Å²) in [6.45, 7) is 6.60. The van der Waals surface area contributed by atoms with Crippen LogP contribution in [-0.4, -0.2) is 38.9 Å². The van der Waals surface area contributed by atoms with E-state index in [1.54, 1.807) is 36.2 Å². The number of carbonyl (C=O) groups is 1. The predicted molar refractivity (Wildman–Crippen MR) is 99.7 cm³/mol. The maximum absolute atomic E-state index is 12.8. The average molecular weight is 367 g/mol. The number of carbonyl (C=O) groups excluding carboxylic acids is 1. The molecule has 140 valence electrons. The van der Waals surface area contributed by atoms with E-state index in [0.29, 0.717) is 18.9 Å². The number of hydrogen-bond donors (Lipinski definition) is 1. The summed E-state index contributed by atoms with van der Waals surface area (Å²) in [6.07, 6.45) is 4.02. The highest BCUT2D eigenvalue weighted by Crippen LogP contribution is 2.27. The van der Waals surface area contributed by atoms with E-state index in [9.17, 15) is 13.2 Å². The zero-order valence-corrected chi connectivity index (χ0v) is 16.5. The van der Waals surface area contributed by atoms with Gasteiger partial charge in [0.2, 0.25) is 15.9 Å². The Hall–Kier alpha value is -1.40. The van der Waals surface area contributed by atoms with Gasteiger partial charge in [-0.05, 0) is 50.2 Å². The number of benzene rings is 1. The third kappa shape index (κ3) is 5.54. The highest BCUT2D eigenvalue weighted by molar-refractivity contribution is 7.89. The standard InChI is InChI=1S/C19H30N2O3S/c1-14(2)12-18(19(22)21(4)13-16-6-5-7-16)20-25(23,24)17-10-8-15(3)9-11-17/h8-11,14,16,18,20H,5-7,12-13H2,1-4H3. The SMILES string of the molecule is Cc1ccc(S(=O)(=O)NC(CC(C)C)C(=O)N(C)CC2CCC2)cc1. The normalized spacial score (nSPS) is 16.5. The maximum Gasteiger partial charge on any atom is 0.241 e. The Morgan fingerprint density at radius 1 is 1.24 bits per heavy atom. The molecular weight excluding hydrogens is 336 g/mol. The lowest BCUT2D eigenvalue weighted by atomic mass is 9.85. The van der Waals surface area contributed by atoms with Gasteiger partial charge in [-0.25, -0.2) is 8.42 Å². The van der Waals surface area contributed by atoms with Crippen LogP contribution >= 0.6 is 0 Å². The molecule has 1 unspecified atom stereocenters. The molecule has 1 N–H and O–H groups in total. The van der Waals surface area contributed by atoms with Gasteiger partial charge in [-0.2, -0.15) is 4.72 Å². The van der Waals surface area contributed by atoms with Crippen LogP contribution in [0.3, 0.4) is 0 Å². The number of hydrogen-bond acceptors (Lipinski definition) is 3. The molecule has 1 atom stereocenters. The second-order valence-electron chi connectivity index (χ2n) is 7.63. The fourth-order valence-corrected chi connectivity index (χ4v) is 4.26. The number of nitrogens with one attached hydrogen (secondary N) is 1. The summed E-state index contributed by atoms with van der Waals surface area (Å²) < 4.78 is 28.0. The van der Waals surface area contributed by atoms with Crippen LogP contribution < -0.4 is 4.72 Å². The molecule has 0 aromatic heterocycles. The summed E-state index contributed by atoms with van der Waals surface area (Å²) in [7, 11) is -1.95. The number of sulfonamides is 1. The topological polar surface area (TPSA) is 66.5 Å². The first-order valence-corrected chi connectivity index (χ1v) is 10.5. The van der Waals surface area contributed by atoms with E-state index >= 15 is 0 Å². The van der Waals surface area contributed by atoms with Crippen LogP contribution in [0, 0.1) is 18.8 Å². The Labute approximate surface area is 151 Å². The molecule has 1 aliphatic rings. The molecule has 5 nitrogen and oxygen atoms in total. The molecule has 2 rings (SSSR count).